The molecular formula is C12H10ClN3O6S. The lowest BCUT2D eigenvalue weighted by Crippen LogP contribution is -2.21. The van der Waals surface area contributed by atoms with E-state index in [2.05, 4.69) is 5.29 Å². The summed E-state index contributed by atoms with van der Waals surface area (Å²) in [6, 6.07) is 4.88. The van der Waals surface area contributed by atoms with Crippen molar-refractivity contribution in [2.75, 3.05) is 5.01 Å². The molecular weight excluding hydrogens is 350 g/mol. The van der Waals surface area contributed by atoms with Crippen LogP contribution in [0.3, 0.4) is 0 Å². The molecule has 0 saturated carbocycles. The molecule has 1 aromatic carbocycles. The molecule has 0 atom stereocenters. The van der Waals surface area contributed by atoms with Crippen molar-refractivity contribution in [3.05, 3.63) is 51.8 Å². The smallest absolute Gasteiger partial charge is 0.337 e. The lowest BCUT2D eigenvalue weighted by atomic mass is 10.2. The minimum Gasteiger partial charge on any atom is -0.478 e. The fourth-order valence-electron chi connectivity index (χ4n) is 1.84. The topological polar surface area (TPSA) is 143 Å². The van der Waals surface area contributed by atoms with Crippen molar-refractivity contribution in [1.82, 2.24) is 0 Å². The number of primary sulfonamides is 1. The van der Waals surface area contributed by atoms with Gasteiger partial charge in [0.25, 0.3) is 0 Å². The maximum atomic E-state index is 11.7. The van der Waals surface area contributed by atoms with E-state index >= 15 is 0 Å². The Labute approximate surface area is 135 Å². The van der Waals surface area contributed by atoms with Gasteiger partial charge in [-0.3, -0.25) is 0 Å². The maximum Gasteiger partial charge on any atom is 0.337 e. The molecule has 2 rings (SSSR count). The molecule has 0 bridgehead atoms. The third-order valence-corrected chi connectivity index (χ3v) is 4.10. The Morgan fingerprint density at radius 2 is 2.13 bits per heavy atom. The van der Waals surface area contributed by atoms with E-state index in [9.17, 15) is 18.1 Å². The Morgan fingerprint density at radius 3 is 2.61 bits per heavy atom. The predicted molar refractivity (Wildman–Crippen MR) is 80.5 cm³/mol. The van der Waals surface area contributed by atoms with Crippen molar-refractivity contribution in [3.63, 3.8) is 0 Å². The summed E-state index contributed by atoms with van der Waals surface area (Å²) in [4.78, 5) is 21.6. The number of carbonyl (C=O) groups is 1. The highest BCUT2D eigenvalue weighted by molar-refractivity contribution is 7.89. The first-order valence-electron chi connectivity index (χ1n) is 5.97. The number of nitrogens with two attached hydrogens (primary N) is 1. The third kappa shape index (κ3) is 3.67. The van der Waals surface area contributed by atoms with Crippen molar-refractivity contribution in [2.24, 2.45) is 10.4 Å². The first kappa shape index (κ1) is 16.9. The van der Waals surface area contributed by atoms with Crippen LogP contribution in [0.25, 0.3) is 0 Å². The minimum atomic E-state index is -4.33. The van der Waals surface area contributed by atoms with Crippen molar-refractivity contribution < 1.29 is 22.7 Å². The summed E-state index contributed by atoms with van der Waals surface area (Å²) in [5.74, 6) is -1.12. The van der Waals surface area contributed by atoms with Crippen LogP contribution in [0.15, 0.2) is 45.1 Å². The summed E-state index contributed by atoms with van der Waals surface area (Å²) in [6.07, 6.45) is 1.36. The number of rotatable bonds is 6. The minimum absolute atomic E-state index is 0.193. The van der Waals surface area contributed by atoms with Gasteiger partial charge in [0, 0.05) is 0 Å². The summed E-state index contributed by atoms with van der Waals surface area (Å²) < 4.78 is 28.5. The monoisotopic (exact) mass is 359 g/mol. The number of nitroso groups, excluding NO2 is 1. The van der Waals surface area contributed by atoms with E-state index in [1.165, 1.54) is 6.26 Å². The number of carboxylic acids is 1. The van der Waals surface area contributed by atoms with Crippen LogP contribution < -0.4 is 10.1 Å². The zero-order valence-corrected chi connectivity index (χ0v) is 12.9. The van der Waals surface area contributed by atoms with Crippen molar-refractivity contribution in [3.8, 4) is 0 Å². The van der Waals surface area contributed by atoms with E-state index in [0.29, 0.717) is 5.76 Å². The largest absolute Gasteiger partial charge is 0.478 e. The first-order valence-corrected chi connectivity index (χ1v) is 7.89. The van der Waals surface area contributed by atoms with E-state index < -0.39 is 26.5 Å². The molecule has 0 saturated heterocycles. The average molecular weight is 360 g/mol. The van der Waals surface area contributed by atoms with Crippen molar-refractivity contribution >= 4 is 33.3 Å². The summed E-state index contributed by atoms with van der Waals surface area (Å²) in [6.45, 7) is -0.193. The molecule has 0 aliphatic carbocycles. The standard InChI is InChI=1S/C12H10ClN3O6S/c13-9-5-10(16(15-19)6-7-2-1-3-22-7)11(23(14,20)21)4-8(9)12(17)18/h1-5H,6H2,(H,17,18)(H2,14,20,21). The second-order valence-electron chi connectivity index (χ2n) is 4.37. The van der Waals surface area contributed by atoms with Gasteiger partial charge >= 0.3 is 5.97 Å². The predicted octanol–water partition coefficient (Wildman–Crippen LogP) is 1.97. The van der Waals surface area contributed by atoms with Gasteiger partial charge in [0.1, 0.15) is 17.2 Å². The molecule has 0 aliphatic rings. The maximum absolute atomic E-state index is 11.7. The first-order chi connectivity index (χ1) is 10.7. The number of hydrogen-bond acceptors (Lipinski definition) is 6. The van der Waals surface area contributed by atoms with Gasteiger partial charge in [-0.15, -0.1) is 4.91 Å². The van der Waals surface area contributed by atoms with E-state index in [4.69, 9.17) is 26.3 Å². The summed E-state index contributed by atoms with van der Waals surface area (Å²) >= 11 is 5.82. The quantitative estimate of drug-likeness (QED) is 0.592. The second kappa shape index (κ2) is 6.36. The molecule has 0 fully saturated rings. The number of halogens is 1. The molecule has 3 N–H and O–H groups in total. The number of benzene rings is 1. The molecule has 122 valence electrons. The van der Waals surface area contributed by atoms with E-state index in [1.807, 2.05) is 0 Å². The Bertz CT molecular complexity index is 850. The number of sulfonamides is 1. The second-order valence-corrected chi connectivity index (χ2v) is 6.31. The Morgan fingerprint density at radius 1 is 1.43 bits per heavy atom. The lowest BCUT2D eigenvalue weighted by Gasteiger charge is -2.18. The van der Waals surface area contributed by atoms with Crippen LogP contribution in [-0.4, -0.2) is 19.5 Å². The number of anilines is 1. The molecule has 9 nitrogen and oxygen atoms in total. The number of hydrogen-bond donors (Lipinski definition) is 2. The van der Waals surface area contributed by atoms with Gasteiger partial charge in [0.05, 0.1) is 27.8 Å². The van der Waals surface area contributed by atoms with Crippen LogP contribution in [0.4, 0.5) is 5.69 Å². The van der Waals surface area contributed by atoms with Gasteiger partial charge in [-0.2, -0.15) is 0 Å². The van der Waals surface area contributed by atoms with Gasteiger partial charge in [-0.25, -0.2) is 23.4 Å². The Kier molecular flexibility index (Phi) is 4.68. The number of aromatic carboxylic acids is 1. The van der Waals surface area contributed by atoms with Crippen LogP contribution in [0.1, 0.15) is 16.1 Å². The van der Waals surface area contributed by atoms with E-state index in [0.717, 1.165) is 17.1 Å². The molecule has 0 amide bonds. The van der Waals surface area contributed by atoms with Gasteiger partial charge < -0.3 is 9.52 Å². The molecule has 0 spiro atoms. The molecule has 1 aromatic heterocycles. The average Bonchev–Trinajstić information content (AvgIpc) is 2.95. The number of carboxylic acid groups (broad SMARTS) is 1. The molecule has 0 radical (unpaired) electrons. The number of furan rings is 1. The van der Waals surface area contributed by atoms with Crippen LogP contribution >= 0.6 is 11.6 Å². The van der Waals surface area contributed by atoms with Gasteiger partial charge in [0.15, 0.2) is 0 Å². The molecule has 23 heavy (non-hydrogen) atoms. The highest BCUT2D eigenvalue weighted by Crippen LogP contribution is 2.32. The lowest BCUT2D eigenvalue weighted by molar-refractivity contribution is 0.0697. The normalized spacial score (nSPS) is 11.2. The third-order valence-electron chi connectivity index (χ3n) is 2.85. The highest BCUT2D eigenvalue weighted by Gasteiger charge is 2.25. The zero-order valence-electron chi connectivity index (χ0n) is 11.3. The molecule has 1 heterocycles. The highest BCUT2D eigenvalue weighted by atomic mass is 35.5. The van der Waals surface area contributed by atoms with Crippen LogP contribution in [0.5, 0.6) is 0 Å². The fraction of sp³-hybridized carbons (Fsp3) is 0.0833. The van der Waals surface area contributed by atoms with Gasteiger partial charge in [0.2, 0.25) is 10.0 Å². The molecule has 0 aliphatic heterocycles. The molecule has 2 aromatic rings. The zero-order chi connectivity index (χ0) is 17.2. The van der Waals surface area contributed by atoms with Crippen LogP contribution in [0.2, 0.25) is 5.02 Å². The van der Waals surface area contributed by atoms with E-state index in [1.54, 1.807) is 12.1 Å². The number of nitrogens with zero attached hydrogens (tertiary/aromatic N) is 2. The fourth-order valence-corrected chi connectivity index (χ4v) is 2.82. The Balaban J connectivity index is 2.61. The summed E-state index contributed by atoms with van der Waals surface area (Å²) in [5, 5.41) is 17.3. The summed E-state index contributed by atoms with van der Waals surface area (Å²) in [7, 11) is -4.33. The summed E-state index contributed by atoms with van der Waals surface area (Å²) in [5.41, 5.74) is -0.725. The SMILES string of the molecule is NS(=O)(=O)c1cc(C(=O)O)c(Cl)cc1N(Cc1ccco1)N=O. The van der Waals surface area contributed by atoms with Crippen molar-refractivity contribution in [2.45, 2.75) is 11.4 Å². The van der Waals surface area contributed by atoms with Crippen LogP contribution in [-0.2, 0) is 16.6 Å². The van der Waals surface area contributed by atoms with Gasteiger partial charge in [-0.1, -0.05) is 11.6 Å². The Hall–Kier alpha value is -2.43. The van der Waals surface area contributed by atoms with Gasteiger partial charge in [-0.05, 0) is 24.3 Å². The van der Waals surface area contributed by atoms with Crippen molar-refractivity contribution in [1.29, 1.82) is 0 Å². The molecule has 11 heteroatoms. The van der Waals surface area contributed by atoms with Crippen LogP contribution in [0, 0.1) is 4.91 Å². The van der Waals surface area contributed by atoms with E-state index in [-0.39, 0.29) is 17.3 Å². The molecule has 0 unspecified atom stereocenters.